The number of aliphatic hydroxyl groups excluding tert-OH is 1. The van der Waals surface area contributed by atoms with Crippen LogP contribution >= 0.6 is 0 Å². The van der Waals surface area contributed by atoms with Crippen LogP contribution < -0.4 is 4.74 Å². The van der Waals surface area contributed by atoms with Gasteiger partial charge in [0.05, 0.1) is 4.90 Å². The van der Waals surface area contributed by atoms with Crippen LogP contribution in [0.1, 0.15) is 22.8 Å². The molecule has 0 aliphatic rings. The highest BCUT2D eigenvalue weighted by Crippen LogP contribution is 2.22. The molecular weight excluding hydrogens is 300 g/mol. The predicted molar refractivity (Wildman–Crippen MR) is 85.9 cm³/mol. The molecule has 4 nitrogen and oxygen atoms in total. The van der Waals surface area contributed by atoms with E-state index in [9.17, 15) is 13.5 Å². The lowest BCUT2D eigenvalue weighted by Gasteiger charge is -2.16. The molecule has 0 heterocycles. The SMILES string of the molecule is Cc1ccc(C)c(C(O)COc2cccc(S(C)(=O)=O)c2)c1. The average molecular weight is 320 g/mol. The molecule has 2 rings (SSSR count). The van der Waals surface area contributed by atoms with Crippen LogP contribution in [0.2, 0.25) is 0 Å². The molecule has 0 saturated carbocycles. The van der Waals surface area contributed by atoms with Crippen LogP contribution in [0.5, 0.6) is 5.75 Å². The number of sulfone groups is 1. The van der Waals surface area contributed by atoms with Crippen LogP contribution in [0.4, 0.5) is 0 Å². The van der Waals surface area contributed by atoms with Crippen molar-refractivity contribution in [2.75, 3.05) is 12.9 Å². The second-order valence-electron chi connectivity index (χ2n) is 5.43. The smallest absolute Gasteiger partial charge is 0.175 e. The molecule has 22 heavy (non-hydrogen) atoms. The van der Waals surface area contributed by atoms with Crippen molar-refractivity contribution in [3.63, 3.8) is 0 Å². The van der Waals surface area contributed by atoms with Gasteiger partial charge in [0.15, 0.2) is 9.84 Å². The van der Waals surface area contributed by atoms with E-state index in [2.05, 4.69) is 0 Å². The van der Waals surface area contributed by atoms with Gasteiger partial charge in [-0.3, -0.25) is 0 Å². The number of rotatable bonds is 5. The molecular formula is C17H20O4S. The molecule has 2 aromatic carbocycles. The molecule has 0 aromatic heterocycles. The van der Waals surface area contributed by atoms with Gasteiger partial charge in [-0.05, 0) is 43.2 Å². The highest BCUT2D eigenvalue weighted by molar-refractivity contribution is 7.90. The lowest BCUT2D eigenvalue weighted by Crippen LogP contribution is -2.11. The van der Waals surface area contributed by atoms with E-state index in [0.29, 0.717) is 5.75 Å². The maximum Gasteiger partial charge on any atom is 0.175 e. The van der Waals surface area contributed by atoms with Crippen molar-refractivity contribution in [1.82, 2.24) is 0 Å². The zero-order chi connectivity index (χ0) is 16.3. The van der Waals surface area contributed by atoms with Gasteiger partial charge in [-0.15, -0.1) is 0 Å². The molecule has 1 unspecified atom stereocenters. The van der Waals surface area contributed by atoms with Crippen molar-refractivity contribution >= 4 is 9.84 Å². The number of hydrogen-bond donors (Lipinski definition) is 1. The molecule has 1 N–H and O–H groups in total. The van der Waals surface area contributed by atoms with Gasteiger partial charge in [-0.2, -0.15) is 0 Å². The molecule has 0 aliphatic carbocycles. The minimum absolute atomic E-state index is 0.0670. The van der Waals surface area contributed by atoms with Crippen LogP contribution in [0, 0.1) is 13.8 Å². The summed E-state index contributed by atoms with van der Waals surface area (Å²) in [6.45, 7) is 3.96. The van der Waals surface area contributed by atoms with E-state index < -0.39 is 15.9 Å². The van der Waals surface area contributed by atoms with E-state index >= 15 is 0 Å². The first-order valence-electron chi connectivity index (χ1n) is 6.95. The summed E-state index contributed by atoms with van der Waals surface area (Å²) in [5.41, 5.74) is 2.88. The Kier molecular flexibility index (Phi) is 4.88. The number of hydrogen-bond acceptors (Lipinski definition) is 4. The first-order chi connectivity index (χ1) is 10.3. The van der Waals surface area contributed by atoms with E-state index in [1.54, 1.807) is 12.1 Å². The number of ether oxygens (including phenoxy) is 1. The van der Waals surface area contributed by atoms with Gasteiger partial charge in [0, 0.05) is 6.26 Å². The van der Waals surface area contributed by atoms with E-state index in [1.165, 1.54) is 12.1 Å². The summed E-state index contributed by atoms with van der Waals surface area (Å²) in [6.07, 6.45) is 0.388. The molecule has 2 aromatic rings. The van der Waals surface area contributed by atoms with Gasteiger partial charge >= 0.3 is 0 Å². The number of aryl methyl sites for hydroxylation is 2. The third-order valence-corrected chi connectivity index (χ3v) is 4.55. The van der Waals surface area contributed by atoms with Crippen LogP contribution in [0.3, 0.4) is 0 Å². The molecule has 1 atom stereocenters. The second-order valence-corrected chi connectivity index (χ2v) is 7.45. The van der Waals surface area contributed by atoms with E-state index in [1.807, 2.05) is 32.0 Å². The van der Waals surface area contributed by atoms with Crippen molar-refractivity contribution in [3.8, 4) is 5.75 Å². The van der Waals surface area contributed by atoms with Crippen LogP contribution in [-0.4, -0.2) is 26.4 Å². The van der Waals surface area contributed by atoms with Gasteiger partial charge in [0.2, 0.25) is 0 Å². The molecule has 0 saturated heterocycles. The normalized spacial score (nSPS) is 12.9. The third kappa shape index (κ3) is 4.08. The monoisotopic (exact) mass is 320 g/mol. The van der Waals surface area contributed by atoms with Crippen molar-refractivity contribution in [3.05, 3.63) is 59.2 Å². The van der Waals surface area contributed by atoms with Gasteiger partial charge in [0.25, 0.3) is 0 Å². The summed E-state index contributed by atoms with van der Waals surface area (Å²) in [5, 5.41) is 10.3. The minimum Gasteiger partial charge on any atom is -0.490 e. The zero-order valence-corrected chi connectivity index (χ0v) is 13.7. The molecule has 0 aliphatic heterocycles. The third-order valence-electron chi connectivity index (χ3n) is 3.44. The Morgan fingerprint density at radius 3 is 2.55 bits per heavy atom. The molecule has 0 bridgehead atoms. The highest BCUT2D eigenvalue weighted by Gasteiger charge is 2.13. The maximum atomic E-state index is 11.5. The molecule has 118 valence electrons. The van der Waals surface area contributed by atoms with Crippen molar-refractivity contribution in [1.29, 1.82) is 0 Å². The summed E-state index contributed by atoms with van der Waals surface area (Å²) >= 11 is 0. The maximum absolute atomic E-state index is 11.5. The summed E-state index contributed by atoms with van der Waals surface area (Å²) in [5.74, 6) is 0.423. The minimum atomic E-state index is -3.27. The fourth-order valence-electron chi connectivity index (χ4n) is 2.18. The average Bonchev–Trinajstić information content (AvgIpc) is 2.47. The van der Waals surface area contributed by atoms with E-state index in [0.717, 1.165) is 22.9 Å². The highest BCUT2D eigenvalue weighted by atomic mass is 32.2. The Hall–Kier alpha value is -1.85. The largest absolute Gasteiger partial charge is 0.490 e. The quantitative estimate of drug-likeness (QED) is 0.920. The fraction of sp³-hybridized carbons (Fsp3) is 0.294. The Morgan fingerprint density at radius 2 is 1.86 bits per heavy atom. The Balaban J connectivity index is 2.11. The lowest BCUT2D eigenvalue weighted by molar-refractivity contribution is 0.107. The van der Waals surface area contributed by atoms with Crippen LogP contribution in [0.15, 0.2) is 47.4 Å². The standard InChI is InChI=1S/C17H20O4S/c1-12-7-8-13(2)16(9-12)17(18)11-21-14-5-4-6-15(10-14)22(3,19)20/h4-10,17-18H,11H2,1-3H3. The van der Waals surface area contributed by atoms with Crippen molar-refractivity contribution in [2.24, 2.45) is 0 Å². The predicted octanol–water partition coefficient (Wildman–Crippen LogP) is 2.82. The lowest BCUT2D eigenvalue weighted by atomic mass is 10.0. The first-order valence-corrected chi connectivity index (χ1v) is 8.84. The molecule has 0 spiro atoms. The second kappa shape index (κ2) is 6.50. The summed E-state index contributed by atoms with van der Waals surface area (Å²) in [7, 11) is -3.27. The summed E-state index contributed by atoms with van der Waals surface area (Å²) in [4.78, 5) is 0.200. The van der Waals surface area contributed by atoms with E-state index in [-0.39, 0.29) is 11.5 Å². The van der Waals surface area contributed by atoms with Gasteiger partial charge < -0.3 is 9.84 Å². The Bertz CT molecular complexity index is 766. The molecule has 5 heteroatoms. The number of aliphatic hydroxyl groups is 1. The van der Waals surface area contributed by atoms with Gasteiger partial charge in [0.1, 0.15) is 18.5 Å². The van der Waals surface area contributed by atoms with E-state index in [4.69, 9.17) is 4.74 Å². The van der Waals surface area contributed by atoms with Crippen LogP contribution in [0.25, 0.3) is 0 Å². The molecule has 0 radical (unpaired) electrons. The molecule has 0 fully saturated rings. The fourth-order valence-corrected chi connectivity index (χ4v) is 2.83. The zero-order valence-electron chi connectivity index (χ0n) is 12.9. The van der Waals surface area contributed by atoms with Crippen molar-refractivity contribution < 1.29 is 18.3 Å². The number of benzene rings is 2. The Labute approximate surface area is 131 Å². The van der Waals surface area contributed by atoms with Gasteiger partial charge in [-0.25, -0.2) is 8.42 Å². The molecule has 0 amide bonds. The first kappa shape index (κ1) is 16.5. The van der Waals surface area contributed by atoms with Gasteiger partial charge in [-0.1, -0.05) is 29.8 Å². The Morgan fingerprint density at radius 1 is 1.14 bits per heavy atom. The summed E-state index contributed by atoms with van der Waals surface area (Å²) < 4.78 is 28.6. The summed E-state index contributed by atoms with van der Waals surface area (Å²) in [6, 6.07) is 12.1. The topological polar surface area (TPSA) is 63.6 Å². The van der Waals surface area contributed by atoms with Crippen LogP contribution in [-0.2, 0) is 9.84 Å². The van der Waals surface area contributed by atoms with Crippen molar-refractivity contribution in [2.45, 2.75) is 24.8 Å².